The summed E-state index contributed by atoms with van der Waals surface area (Å²) in [4.78, 5) is 13.3. The Morgan fingerprint density at radius 2 is 2.20 bits per heavy atom. The molecular weight excluding hydrogens is 210 g/mol. The molecule has 0 fully saturated rings. The molecule has 5 nitrogen and oxygen atoms in total. The molecule has 0 saturated heterocycles. The van der Waals surface area contributed by atoms with Gasteiger partial charge in [-0.3, -0.25) is 4.98 Å². The van der Waals surface area contributed by atoms with Gasteiger partial charge in [0.2, 0.25) is 0 Å². The lowest BCUT2D eigenvalue weighted by Crippen LogP contribution is -2.01. The predicted molar refractivity (Wildman–Crippen MR) is 61.0 cm³/mol. The van der Waals surface area contributed by atoms with E-state index < -0.39 is 0 Å². The first-order valence-electron chi connectivity index (χ1n) is 4.49. The SMILES string of the molecule is CNc1cc(NCc2cncs2)ncn1. The minimum absolute atomic E-state index is 0.741. The molecule has 0 aliphatic carbocycles. The van der Waals surface area contributed by atoms with E-state index in [1.807, 2.05) is 24.8 Å². The highest BCUT2D eigenvalue weighted by molar-refractivity contribution is 7.09. The van der Waals surface area contributed by atoms with Crippen molar-refractivity contribution < 1.29 is 0 Å². The summed E-state index contributed by atoms with van der Waals surface area (Å²) < 4.78 is 0. The number of nitrogens with zero attached hydrogens (tertiary/aromatic N) is 3. The van der Waals surface area contributed by atoms with E-state index in [1.165, 1.54) is 11.2 Å². The van der Waals surface area contributed by atoms with Crippen molar-refractivity contribution in [2.24, 2.45) is 0 Å². The van der Waals surface area contributed by atoms with Gasteiger partial charge in [-0.1, -0.05) is 0 Å². The van der Waals surface area contributed by atoms with Crippen LogP contribution in [-0.4, -0.2) is 22.0 Å². The van der Waals surface area contributed by atoms with Gasteiger partial charge in [-0.05, 0) is 0 Å². The molecule has 2 heterocycles. The van der Waals surface area contributed by atoms with Crippen LogP contribution in [0.4, 0.5) is 11.6 Å². The largest absolute Gasteiger partial charge is 0.373 e. The highest BCUT2D eigenvalue weighted by Crippen LogP contribution is 2.11. The van der Waals surface area contributed by atoms with Crippen LogP contribution in [-0.2, 0) is 6.54 Å². The number of thiazole rings is 1. The minimum Gasteiger partial charge on any atom is -0.373 e. The molecule has 0 aliphatic rings. The zero-order valence-corrected chi connectivity index (χ0v) is 9.08. The normalized spacial score (nSPS) is 9.93. The van der Waals surface area contributed by atoms with Gasteiger partial charge < -0.3 is 10.6 Å². The fourth-order valence-electron chi connectivity index (χ4n) is 1.10. The minimum atomic E-state index is 0.741. The lowest BCUT2D eigenvalue weighted by Gasteiger charge is -2.04. The molecule has 15 heavy (non-hydrogen) atoms. The molecule has 2 aromatic heterocycles. The van der Waals surface area contributed by atoms with Crippen molar-refractivity contribution in [2.45, 2.75) is 6.54 Å². The second-order valence-electron chi connectivity index (χ2n) is 2.86. The number of hydrogen-bond donors (Lipinski definition) is 2. The predicted octanol–water partition coefficient (Wildman–Crippen LogP) is 1.59. The van der Waals surface area contributed by atoms with Crippen LogP contribution in [0.3, 0.4) is 0 Å². The first kappa shape index (κ1) is 9.85. The average molecular weight is 221 g/mol. The van der Waals surface area contributed by atoms with Crippen LogP contribution in [0.15, 0.2) is 24.1 Å². The van der Waals surface area contributed by atoms with Gasteiger partial charge in [0.05, 0.1) is 12.1 Å². The summed E-state index contributed by atoms with van der Waals surface area (Å²) in [5, 5.41) is 6.16. The third-order valence-electron chi connectivity index (χ3n) is 1.85. The van der Waals surface area contributed by atoms with Crippen molar-refractivity contribution >= 4 is 23.0 Å². The summed E-state index contributed by atoms with van der Waals surface area (Å²) >= 11 is 1.62. The second-order valence-corrected chi connectivity index (χ2v) is 3.83. The number of rotatable bonds is 4. The summed E-state index contributed by atoms with van der Waals surface area (Å²) in [6.45, 7) is 0.741. The van der Waals surface area contributed by atoms with Gasteiger partial charge in [0.15, 0.2) is 0 Å². The average Bonchev–Trinajstić information content (AvgIpc) is 2.79. The van der Waals surface area contributed by atoms with Gasteiger partial charge >= 0.3 is 0 Å². The van der Waals surface area contributed by atoms with Gasteiger partial charge in [0.25, 0.3) is 0 Å². The highest BCUT2D eigenvalue weighted by atomic mass is 32.1. The van der Waals surface area contributed by atoms with Gasteiger partial charge in [-0.15, -0.1) is 11.3 Å². The molecule has 2 rings (SSSR count). The van der Waals surface area contributed by atoms with E-state index in [4.69, 9.17) is 0 Å². The molecule has 0 unspecified atom stereocenters. The standard InChI is InChI=1S/C9H11N5S/c1-10-8-2-9(14-5-13-8)12-4-7-3-11-6-15-7/h2-3,5-6H,4H2,1H3,(H2,10,12,13,14). The fourth-order valence-corrected chi connectivity index (χ4v) is 1.63. The Kier molecular flexibility index (Phi) is 3.08. The van der Waals surface area contributed by atoms with Crippen molar-refractivity contribution in [1.29, 1.82) is 0 Å². The number of hydrogen-bond acceptors (Lipinski definition) is 6. The Labute approximate surface area is 91.6 Å². The first-order valence-corrected chi connectivity index (χ1v) is 5.37. The summed E-state index contributed by atoms with van der Waals surface area (Å²) in [6.07, 6.45) is 3.37. The van der Waals surface area contributed by atoms with E-state index in [1.54, 1.807) is 11.3 Å². The molecular formula is C9H11N5S. The van der Waals surface area contributed by atoms with Crippen LogP contribution in [0.25, 0.3) is 0 Å². The Morgan fingerprint density at radius 1 is 1.33 bits per heavy atom. The summed E-state index contributed by atoms with van der Waals surface area (Å²) in [5.41, 5.74) is 1.82. The second kappa shape index (κ2) is 4.70. The Hall–Kier alpha value is -1.69. The fraction of sp³-hybridized carbons (Fsp3) is 0.222. The van der Waals surface area contributed by atoms with Crippen LogP contribution >= 0.6 is 11.3 Å². The molecule has 78 valence electrons. The Morgan fingerprint density at radius 3 is 2.93 bits per heavy atom. The van der Waals surface area contributed by atoms with Crippen molar-refractivity contribution in [3.05, 3.63) is 29.0 Å². The highest BCUT2D eigenvalue weighted by Gasteiger charge is 1.98. The topological polar surface area (TPSA) is 62.7 Å². The lowest BCUT2D eigenvalue weighted by molar-refractivity contribution is 1.09. The molecule has 6 heteroatoms. The van der Waals surface area contributed by atoms with Crippen LogP contribution in [0.5, 0.6) is 0 Å². The molecule has 0 saturated carbocycles. The van der Waals surface area contributed by atoms with Gasteiger partial charge in [0, 0.05) is 24.2 Å². The van der Waals surface area contributed by atoms with E-state index in [2.05, 4.69) is 25.6 Å². The van der Waals surface area contributed by atoms with E-state index >= 15 is 0 Å². The van der Waals surface area contributed by atoms with E-state index in [0.717, 1.165) is 18.2 Å². The molecule has 0 spiro atoms. The first-order chi connectivity index (χ1) is 7.38. The van der Waals surface area contributed by atoms with Crippen LogP contribution in [0, 0.1) is 0 Å². The quantitative estimate of drug-likeness (QED) is 0.820. The summed E-state index contributed by atoms with van der Waals surface area (Å²) in [7, 11) is 1.83. The van der Waals surface area contributed by atoms with E-state index in [0.29, 0.717) is 0 Å². The lowest BCUT2D eigenvalue weighted by atomic mass is 10.5. The maximum Gasteiger partial charge on any atom is 0.131 e. The van der Waals surface area contributed by atoms with Gasteiger partial charge in [-0.2, -0.15) is 0 Å². The van der Waals surface area contributed by atoms with Crippen molar-refractivity contribution in [3.63, 3.8) is 0 Å². The third-order valence-corrected chi connectivity index (χ3v) is 2.63. The monoisotopic (exact) mass is 221 g/mol. The molecule has 0 aromatic carbocycles. The van der Waals surface area contributed by atoms with Crippen LogP contribution in [0.2, 0.25) is 0 Å². The smallest absolute Gasteiger partial charge is 0.131 e. The molecule has 0 aliphatic heterocycles. The van der Waals surface area contributed by atoms with Gasteiger partial charge in [-0.25, -0.2) is 9.97 Å². The van der Waals surface area contributed by atoms with Crippen LogP contribution in [0.1, 0.15) is 4.88 Å². The van der Waals surface area contributed by atoms with Crippen molar-refractivity contribution in [3.8, 4) is 0 Å². The number of aromatic nitrogens is 3. The number of nitrogens with one attached hydrogen (secondary N) is 2. The van der Waals surface area contributed by atoms with Crippen molar-refractivity contribution in [1.82, 2.24) is 15.0 Å². The van der Waals surface area contributed by atoms with Crippen molar-refractivity contribution in [2.75, 3.05) is 17.7 Å². The molecule has 0 radical (unpaired) electrons. The molecule has 0 bridgehead atoms. The maximum absolute atomic E-state index is 4.11. The Bertz CT molecular complexity index is 414. The zero-order valence-electron chi connectivity index (χ0n) is 8.27. The summed E-state index contributed by atoms with van der Waals surface area (Å²) in [5.74, 6) is 1.61. The van der Waals surface area contributed by atoms with E-state index in [9.17, 15) is 0 Å². The molecule has 2 N–H and O–H groups in total. The maximum atomic E-state index is 4.11. The number of anilines is 2. The molecule has 0 atom stereocenters. The zero-order chi connectivity index (χ0) is 10.5. The molecule has 0 amide bonds. The van der Waals surface area contributed by atoms with Gasteiger partial charge in [0.1, 0.15) is 18.0 Å². The van der Waals surface area contributed by atoms with Crippen LogP contribution < -0.4 is 10.6 Å². The summed E-state index contributed by atoms with van der Waals surface area (Å²) in [6, 6.07) is 1.86. The molecule has 2 aromatic rings. The Balaban J connectivity index is 1.98. The third kappa shape index (κ3) is 2.63. The van der Waals surface area contributed by atoms with E-state index in [-0.39, 0.29) is 0 Å².